The third-order valence-electron chi connectivity index (χ3n) is 3.09. The Morgan fingerprint density at radius 3 is 2.00 bits per heavy atom. The van der Waals surface area contributed by atoms with Gasteiger partial charge in [-0.25, -0.2) is 8.78 Å². The first kappa shape index (κ1) is 12.9. The van der Waals surface area contributed by atoms with Crippen LogP contribution in [-0.4, -0.2) is 6.43 Å². The maximum absolute atomic E-state index is 12.3. The summed E-state index contributed by atoms with van der Waals surface area (Å²) in [5.41, 5.74) is 0. The molecule has 3 unspecified atom stereocenters. The van der Waals surface area contributed by atoms with Gasteiger partial charge in [0.05, 0.1) is 0 Å². The van der Waals surface area contributed by atoms with Gasteiger partial charge in [0.25, 0.3) is 0 Å². The fraction of sp³-hybridized carbons (Fsp3) is 1.00. The van der Waals surface area contributed by atoms with Crippen LogP contribution in [0, 0.1) is 17.8 Å². The zero-order valence-electron chi connectivity index (χ0n) is 9.19. The molecule has 2 heteroatoms. The highest BCUT2D eigenvalue weighted by Crippen LogP contribution is 2.37. The van der Waals surface area contributed by atoms with Gasteiger partial charge in [0.2, 0.25) is 6.43 Å². The molecule has 0 nitrogen and oxygen atoms in total. The van der Waals surface area contributed by atoms with Gasteiger partial charge in [-0.1, -0.05) is 40.5 Å². The second kappa shape index (κ2) is 6.33. The third-order valence-corrected chi connectivity index (χ3v) is 3.09. The number of alkyl halides is 2. The lowest BCUT2D eigenvalue weighted by atomic mass is 9.74. The molecular formula is C11H22F2. The minimum atomic E-state index is -2.10. The van der Waals surface area contributed by atoms with Crippen LogP contribution in [0.15, 0.2) is 0 Å². The van der Waals surface area contributed by atoms with Crippen LogP contribution in [0.1, 0.15) is 47.0 Å². The van der Waals surface area contributed by atoms with Crippen molar-refractivity contribution in [3.05, 3.63) is 0 Å². The van der Waals surface area contributed by atoms with Gasteiger partial charge >= 0.3 is 0 Å². The molecule has 1 aliphatic carbocycles. The van der Waals surface area contributed by atoms with E-state index in [9.17, 15) is 8.78 Å². The summed E-state index contributed by atoms with van der Waals surface area (Å²) in [7, 11) is 0. The van der Waals surface area contributed by atoms with Crippen molar-refractivity contribution in [3.8, 4) is 0 Å². The second-order valence-electron chi connectivity index (χ2n) is 3.77. The van der Waals surface area contributed by atoms with E-state index in [0.29, 0.717) is 5.92 Å². The third kappa shape index (κ3) is 3.61. The number of halogens is 2. The molecule has 13 heavy (non-hydrogen) atoms. The summed E-state index contributed by atoms with van der Waals surface area (Å²) < 4.78 is 24.7. The van der Waals surface area contributed by atoms with Crippen LogP contribution in [0.3, 0.4) is 0 Å². The van der Waals surface area contributed by atoms with Crippen molar-refractivity contribution in [2.24, 2.45) is 17.8 Å². The van der Waals surface area contributed by atoms with Gasteiger partial charge in [-0.2, -0.15) is 0 Å². The minimum absolute atomic E-state index is 0.212. The van der Waals surface area contributed by atoms with Crippen molar-refractivity contribution in [1.29, 1.82) is 0 Å². The lowest BCUT2D eigenvalue weighted by Gasteiger charge is -2.33. The molecule has 0 spiro atoms. The average molecular weight is 192 g/mol. The summed E-state index contributed by atoms with van der Waals surface area (Å²) >= 11 is 0. The first-order valence-corrected chi connectivity index (χ1v) is 5.41. The van der Waals surface area contributed by atoms with Crippen LogP contribution in [0.2, 0.25) is 0 Å². The highest BCUT2D eigenvalue weighted by Gasteiger charge is 2.32. The van der Waals surface area contributed by atoms with Crippen molar-refractivity contribution in [3.63, 3.8) is 0 Å². The van der Waals surface area contributed by atoms with Crippen LogP contribution in [0.5, 0.6) is 0 Å². The van der Waals surface area contributed by atoms with Gasteiger partial charge in [-0.15, -0.1) is 0 Å². The monoisotopic (exact) mass is 192 g/mol. The molecule has 0 aliphatic heterocycles. The van der Waals surface area contributed by atoms with E-state index >= 15 is 0 Å². The molecule has 0 heterocycles. The minimum Gasteiger partial charge on any atom is -0.210 e. The lowest BCUT2D eigenvalue weighted by molar-refractivity contribution is 0.00843. The van der Waals surface area contributed by atoms with E-state index < -0.39 is 6.43 Å². The zero-order chi connectivity index (χ0) is 10.4. The van der Waals surface area contributed by atoms with Crippen molar-refractivity contribution in [2.45, 2.75) is 53.4 Å². The Hall–Kier alpha value is -0.140. The number of hydrogen-bond acceptors (Lipinski definition) is 0. The summed E-state index contributed by atoms with van der Waals surface area (Å²) in [5.74, 6) is 0.366. The van der Waals surface area contributed by atoms with Gasteiger partial charge in [-0.3, -0.25) is 0 Å². The number of rotatable bonds is 1. The molecule has 80 valence electrons. The molecule has 0 amide bonds. The smallest absolute Gasteiger partial charge is 0.210 e. The highest BCUT2D eigenvalue weighted by molar-refractivity contribution is 4.78. The summed E-state index contributed by atoms with van der Waals surface area (Å²) in [6, 6.07) is 0. The first-order valence-electron chi connectivity index (χ1n) is 5.41. The second-order valence-corrected chi connectivity index (χ2v) is 3.77. The van der Waals surface area contributed by atoms with Crippen molar-refractivity contribution < 1.29 is 8.78 Å². The van der Waals surface area contributed by atoms with Gasteiger partial charge in [0.15, 0.2) is 0 Å². The van der Waals surface area contributed by atoms with E-state index in [0.717, 1.165) is 19.3 Å². The Kier molecular flexibility index (Phi) is 6.27. The molecule has 0 aromatic carbocycles. The van der Waals surface area contributed by atoms with Crippen LogP contribution < -0.4 is 0 Å². The van der Waals surface area contributed by atoms with Crippen LogP contribution in [0.4, 0.5) is 8.78 Å². The zero-order valence-corrected chi connectivity index (χ0v) is 9.19. The molecule has 3 atom stereocenters. The Morgan fingerprint density at radius 2 is 1.62 bits per heavy atom. The van der Waals surface area contributed by atoms with E-state index in [1.807, 2.05) is 20.8 Å². The Balaban J connectivity index is 0.000000671. The molecule has 1 fully saturated rings. The molecule has 0 aromatic rings. The fourth-order valence-corrected chi connectivity index (χ4v) is 1.98. The van der Waals surface area contributed by atoms with E-state index in [4.69, 9.17) is 0 Å². The van der Waals surface area contributed by atoms with E-state index in [1.54, 1.807) is 0 Å². The van der Waals surface area contributed by atoms with Crippen molar-refractivity contribution >= 4 is 0 Å². The average Bonchev–Trinajstić information content (AvgIpc) is 2.13. The largest absolute Gasteiger partial charge is 0.241 e. The molecule has 1 saturated carbocycles. The van der Waals surface area contributed by atoms with Crippen LogP contribution in [0.25, 0.3) is 0 Å². The highest BCUT2D eigenvalue weighted by atomic mass is 19.3. The standard InChI is InChI=1S/C9H16F2.C2H6/c1-6-4-3-5-8(7(6)2)9(10)11;1-2/h6-9H,3-5H2,1-2H3;1-2H3. The Morgan fingerprint density at radius 1 is 1.08 bits per heavy atom. The molecule has 0 aromatic heterocycles. The topological polar surface area (TPSA) is 0 Å². The quantitative estimate of drug-likeness (QED) is 0.579. The predicted molar refractivity (Wildman–Crippen MR) is 53.0 cm³/mol. The van der Waals surface area contributed by atoms with Gasteiger partial charge in [-0.05, 0) is 18.3 Å². The van der Waals surface area contributed by atoms with Gasteiger partial charge in [0, 0.05) is 5.92 Å². The summed E-state index contributed by atoms with van der Waals surface area (Å²) in [6.45, 7) is 8.04. The Labute approximate surface area is 80.7 Å². The van der Waals surface area contributed by atoms with Crippen LogP contribution >= 0.6 is 0 Å². The summed E-state index contributed by atoms with van der Waals surface area (Å²) in [4.78, 5) is 0. The fourth-order valence-electron chi connectivity index (χ4n) is 1.98. The van der Waals surface area contributed by atoms with E-state index in [1.165, 1.54) is 0 Å². The molecular weight excluding hydrogens is 170 g/mol. The molecule has 0 N–H and O–H groups in total. The molecule has 0 radical (unpaired) electrons. The van der Waals surface area contributed by atoms with Crippen molar-refractivity contribution in [2.75, 3.05) is 0 Å². The predicted octanol–water partition coefficient (Wildman–Crippen LogP) is 4.35. The molecule has 1 aliphatic rings. The van der Waals surface area contributed by atoms with Gasteiger partial charge in [0.1, 0.15) is 0 Å². The Bertz CT molecular complexity index is 123. The number of hydrogen-bond donors (Lipinski definition) is 0. The van der Waals surface area contributed by atoms with E-state index in [-0.39, 0.29) is 11.8 Å². The lowest BCUT2D eigenvalue weighted by Crippen LogP contribution is -2.29. The molecule has 0 saturated heterocycles. The summed E-state index contributed by atoms with van der Waals surface area (Å²) in [6.07, 6.45) is 0.737. The molecule has 0 bridgehead atoms. The van der Waals surface area contributed by atoms with Gasteiger partial charge < -0.3 is 0 Å². The maximum atomic E-state index is 12.3. The summed E-state index contributed by atoms with van der Waals surface area (Å²) in [5, 5.41) is 0. The maximum Gasteiger partial charge on any atom is 0.241 e. The van der Waals surface area contributed by atoms with Crippen LogP contribution in [-0.2, 0) is 0 Å². The first-order chi connectivity index (χ1) is 6.13. The normalized spacial score (nSPS) is 33.9. The van der Waals surface area contributed by atoms with E-state index in [2.05, 4.69) is 6.92 Å². The molecule has 1 rings (SSSR count). The van der Waals surface area contributed by atoms with Crippen molar-refractivity contribution in [1.82, 2.24) is 0 Å². The SMILES string of the molecule is CC.CC1CCCC(C(F)F)C1C.